The van der Waals surface area contributed by atoms with Crippen molar-refractivity contribution < 1.29 is 9.53 Å². The van der Waals surface area contributed by atoms with Crippen molar-refractivity contribution in [1.82, 2.24) is 4.90 Å². The highest BCUT2D eigenvalue weighted by Gasteiger charge is 2.42. The molecule has 1 amide bonds. The lowest BCUT2D eigenvalue weighted by molar-refractivity contribution is 0.0277. The zero-order valence-corrected chi connectivity index (χ0v) is 11.8. The van der Waals surface area contributed by atoms with Crippen LogP contribution in [0.3, 0.4) is 0 Å². The van der Waals surface area contributed by atoms with Gasteiger partial charge in [-0.25, -0.2) is 4.79 Å². The molecule has 0 bridgehead atoms. The zero-order chi connectivity index (χ0) is 13.3. The first-order chi connectivity index (χ1) is 8.39. The summed E-state index contributed by atoms with van der Waals surface area (Å²) in [4.78, 5) is 13.9. The molecule has 2 aliphatic rings. The summed E-state index contributed by atoms with van der Waals surface area (Å²) in [5.41, 5.74) is 5.23. The second-order valence-electron chi connectivity index (χ2n) is 6.82. The largest absolute Gasteiger partial charge is 0.444 e. The van der Waals surface area contributed by atoms with Crippen molar-refractivity contribution in [3.05, 3.63) is 0 Å². The molecule has 18 heavy (non-hydrogen) atoms. The molecule has 4 heteroatoms. The smallest absolute Gasteiger partial charge is 0.410 e. The van der Waals surface area contributed by atoms with Crippen molar-refractivity contribution in [3.8, 4) is 0 Å². The summed E-state index contributed by atoms with van der Waals surface area (Å²) >= 11 is 0. The molecule has 104 valence electrons. The van der Waals surface area contributed by atoms with E-state index in [1.54, 1.807) is 0 Å². The standard InChI is InChI=1S/C14H26N2O2/c1-14(2,3)18-13(17)16-8-11-6-10(4-5-15)7-12(11)9-16/h10-12H,4-9,15H2,1-3H3/t10?,11-,12+. The van der Waals surface area contributed by atoms with Crippen LogP contribution in [-0.4, -0.2) is 36.2 Å². The quantitative estimate of drug-likeness (QED) is 0.822. The Hall–Kier alpha value is -0.770. The molecule has 2 rings (SSSR count). The fraction of sp³-hybridized carbons (Fsp3) is 0.929. The number of carbonyl (C=O) groups excluding carboxylic acids is 1. The van der Waals surface area contributed by atoms with Gasteiger partial charge in [0.15, 0.2) is 0 Å². The molecule has 1 saturated heterocycles. The predicted molar refractivity (Wildman–Crippen MR) is 71.2 cm³/mol. The normalized spacial score (nSPS) is 31.6. The van der Waals surface area contributed by atoms with Gasteiger partial charge in [0.25, 0.3) is 0 Å². The Labute approximate surface area is 110 Å². The van der Waals surface area contributed by atoms with Gasteiger partial charge in [-0.3, -0.25) is 0 Å². The van der Waals surface area contributed by atoms with Crippen LogP contribution in [-0.2, 0) is 4.74 Å². The molecule has 1 heterocycles. The Morgan fingerprint density at radius 3 is 2.28 bits per heavy atom. The van der Waals surface area contributed by atoms with Crippen molar-refractivity contribution in [1.29, 1.82) is 0 Å². The fourth-order valence-corrected chi connectivity index (χ4v) is 3.37. The van der Waals surface area contributed by atoms with Crippen LogP contribution in [0, 0.1) is 17.8 Å². The number of likely N-dealkylation sites (tertiary alicyclic amines) is 1. The Morgan fingerprint density at radius 1 is 1.28 bits per heavy atom. The number of rotatable bonds is 2. The van der Waals surface area contributed by atoms with E-state index in [4.69, 9.17) is 10.5 Å². The first-order valence-corrected chi connectivity index (χ1v) is 7.07. The molecule has 0 radical (unpaired) electrons. The van der Waals surface area contributed by atoms with Crippen LogP contribution < -0.4 is 5.73 Å². The van der Waals surface area contributed by atoms with Gasteiger partial charge in [0, 0.05) is 13.1 Å². The molecule has 0 spiro atoms. The maximum absolute atomic E-state index is 12.0. The summed E-state index contributed by atoms with van der Waals surface area (Å²) < 4.78 is 5.43. The second-order valence-corrected chi connectivity index (χ2v) is 6.82. The number of carbonyl (C=O) groups is 1. The minimum absolute atomic E-state index is 0.146. The van der Waals surface area contributed by atoms with Crippen LogP contribution in [0.4, 0.5) is 4.79 Å². The number of ether oxygens (including phenoxy) is 1. The molecule has 0 aromatic rings. The van der Waals surface area contributed by atoms with Crippen LogP contribution in [0.1, 0.15) is 40.0 Å². The number of hydrogen-bond acceptors (Lipinski definition) is 3. The van der Waals surface area contributed by atoms with E-state index in [0.29, 0.717) is 11.8 Å². The van der Waals surface area contributed by atoms with Crippen LogP contribution >= 0.6 is 0 Å². The van der Waals surface area contributed by atoms with Gasteiger partial charge < -0.3 is 15.4 Å². The lowest BCUT2D eigenvalue weighted by Crippen LogP contribution is -2.36. The molecule has 0 aromatic heterocycles. The van der Waals surface area contributed by atoms with Crippen molar-refractivity contribution in [2.45, 2.75) is 45.6 Å². The molecular formula is C14H26N2O2. The highest BCUT2D eigenvalue weighted by atomic mass is 16.6. The zero-order valence-electron chi connectivity index (χ0n) is 11.8. The first-order valence-electron chi connectivity index (χ1n) is 7.07. The van der Waals surface area contributed by atoms with Crippen LogP contribution in [0.25, 0.3) is 0 Å². The van der Waals surface area contributed by atoms with E-state index in [1.807, 2.05) is 25.7 Å². The van der Waals surface area contributed by atoms with E-state index in [-0.39, 0.29) is 6.09 Å². The van der Waals surface area contributed by atoms with Gasteiger partial charge >= 0.3 is 6.09 Å². The third-order valence-electron chi connectivity index (χ3n) is 4.08. The number of amides is 1. The second kappa shape index (κ2) is 5.08. The Kier molecular flexibility index (Phi) is 3.85. The van der Waals surface area contributed by atoms with Gasteiger partial charge in [0.05, 0.1) is 0 Å². The molecule has 1 saturated carbocycles. The monoisotopic (exact) mass is 254 g/mol. The Bertz CT molecular complexity index is 297. The third-order valence-corrected chi connectivity index (χ3v) is 4.08. The molecule has 2 N–H and O–H groups in total. The highest BCUT2D eigenvalue weighted by Crippen LogP contribution is 2.42. The highest BCUT2D eigenvalue weighted by molar-refractivity contribution is 5.68. The molecule has 1 unspecified atom stereocenters. The Balaban J connectivity index is 1.83. The van der Waals surface area contributed by atoms with E-state index in [9.17, 15) is 4.79 Å². The minimum atomic E-state index is -0.392. The average Bonchev–Trinajstić information content (AvgIpc) is 2.72. The summed E-state index contributed by atoms with van der Waals surface area (Å²) in [6.07, 6.45) is 3.47. The summed E-state index contributed by atoms with van der Waals surface area (Å²) in [6.45, 7) is 8.29. The Morgan fingerprint density at radius 2 is 1.83 bits per heavy atom. The topological polar surface area (TPSA) is 55.6 Å². The van der Waals surface area contributed by atoms with Crippen molar-refractivity contribution in [3.63, 3.8) is 0 Å². The van der Waals surface area contributed by atoms with E-state index in [2.05, 4.69) is 0 Å². The lowest BCUT2D eigenvalue weighted by Gasteiger charge is -2.25. The molecule has 2 fully saturated rings. The van der Waals surface area contributed by atoms with Crippen molar-refractivity contribution >= 4 is 6.09 Å². The van der Waals surface area contributed by atoms with Crippen LogP contribution in [0.2, 0.25) is 0 Å². The van der Waals surface area contributed by atoms with E-state index < -0.39 is 5.60 Å². The SMILES string of the molecule is CC(C)(C)OC(=O)N1C[C@H]2CC(CCN)C[C@H]2C1. The molecule has 3 atom stereocenters. The number of nitrogens with zero attached hydrogens (tertiary/aromatic N) is 1. The van der Waals surface area contributed by atoms with Crippen LogP contribution in [0.15, 0.2) is 0 Å². The summed E-state index contributed by atoms with van der Waals surface area (Å²) in [5.74, 6) is 2.13. The first kappa shape index (κ1) is 13.7. The molecular weight excluding hydrogens is 228 g/mol. The maximum atomic E-state index is 12.0. The van der Waals surface area contributed by atoms with Gasteiger partial charge in [0.2, 0.25) is 0 Å². The molecule has 1 aliphatic carbocycles. The number of fused-ring (bicyclic) bond motifs is 1. The van der Waals surface area contributed by atoms with Gasteiger partial charge in [-0.2, -0.15) is 0 Å². The molecule has 1 aliphatic heterocycles. The predicted octanol–water partition coefficient (Wildman–Crippen LogP) is 2.23. The van der Waals surface area contributed by atoms with Gasteiger partial charge in [-0.1, -0.05) is 0 Å². The average molecular weight is 254 g/mol. The van der Waals surface area contributed by atoms with Gasteiger partial charge in [0.1, 0.15) is 5.60 Å². The van der Waals surface area contributed by atoms with E-state index in [0.717, 1.165) is 32.0 Å². The summed E-state index contributed by atoms with van der Waals surface area (Å²) in [6, 6.07) is 0. The lowest BCUT2D eigenvalue weighted by atomic mass is 10.0. The minimum Gasteiger partial charge on any atom is -0.444 e. The van der Waals surface area contributed by atoms with Crippen LogP contribution in [0.5, 0.6) is 0 Å². The van der Waals surface area contributed by atoms with Gasteiger partial charge in [-0.05, 0) is 64.3 Å². The third kappa shape index (κ3) is 3.16. The maximum Gasteiger partial charge on any atom is 0.410 e. The summed E-state index contributed by atoms with van der Waals surface area (Å²) in [5, 5.41) is 0. The van der Waals surface area contributed by atoms with Crippen molar-refractivity contribution in [2.24, 2.45) is 23.5 Å². The number of hydrogen-bond donors (Lipinski definition) is 1. The van der Waals surface area contributed by atoms with E-state index >= 15 is 0 Å². The van der Waals surface area contributed by atoms with Crippen molar-refractivity contribution in [2.75, 3.05) is 19.6 Å². The van der Waals surface area contributed by atoms with Gasteiger partial charge in [-0.15, -0.1) is 0 Å². The number of nitrogens with two attached hydrogens (primary N) is 1. The molecule has 0 aromatic carbocycles. The van der Waals surface area contributed by atoms with E-state index in [1.165, 1.54) is 12.8 Å². The fourth-order valence-electron chi connectivity index (χ4n) is 3.37. The molecule has 4 nitrogen and oxygen atoms in total. The summed E-state index contributed by atoms with van der Waals surface area (Å²) in [7, 11) is 0.